The summed E-state index contributed by atoms with van der Waals surface area (Å²) in [5.41, 5.74) is 7.51. The van der Waals surface area contributed by atoms with Crippen molar-refractivity contribution in [3.8, 4) is 5.75 Å². The highest BCUT2D eigenvalue weighted by molar-refractivity contribution is 6.18. The fraction of sp³-hybridized carbons (Fsp3) is 0. The Labute approximate surface area is 146 Å². The third-order valence-electron chi connectivity index (χ3n) is 4.83. The molecule has 4 aromatic rings. The summed E-state index contributed by atoms with van der Waals surface area (Å²) in [5, 5.41) is 12.2. The van der Waals surface area contributed by atoms with Crippen LogP contribution >= 0.6 is 0 Å². The normalized spacial score (nSPS) is 12.1. The Kier molecular flexibility index (Phi) is 3.01. The van der Waals surface area contributed by atoms with Crippen LogP contribution in [0.5, 0.6) is 5.75 Å². The molecule has 0 atom stereocenters. The van der Waals surface area contributed by atoms with E-state index in [2.05, 4.69) is 60.7 Å². The van der Waals surface area contributed by atoms with Gasteiger partial charge in [0.25, 0.3) is 0 Å². The van der Waals surface area contributed by atoms with Gasteiger partial charge in [0.05, 0.1) is 0 Å². The maximum atomic E-state index is 9.65. The van der Waals surface area contributed by atoms with Crippen LogP contribution in [0.15, 0.2) is 91.0 Å². The number of rotatable bonds is 2. The minimum atomic E-state index is 0.292. The van der Waals surface area contributed by atoms with Crippen molar-refractivity contribution in [2.45, 2.75) is 0 Å². The van der Waals surface area contributed by atoms with Crippen LogP contribution in [0.3, 0.4) is 0 Å². The van der Waals surface area contributed by atoms with Gasteiger partial charge in [-0.2, -0.15) is 0 Å². The molecule has 4 aromatic carbocycles. The quantitative estimate of drug-likeness (QED) is 0.431. The fourth-order valence-corrected chi connectivity index (χ4v) is 3.56. The largest absolute Gasteiger partial charge is 0.508 e. The Morgan fingerprint density at radius 2 is 1.08 bits per heavy atom. The molecular weight excluding hydrogens is 304 g/mol. The summed E-state index contributed by atoms with van der Waals surface area (Å²) >= 11 is 0. The van der Waals surface area contributed by atoms with Crippen molar-refractivity contribution >= 4 is 21.9 Å². The maximum Gasteiger partial charge on any atom is 0.115 e. The molecule has 25 heavy (non-hydrogen) atoms. The van der Waals surface area contributed by atoms with Crippen molar-refractivity contribution in [2.24, 2.45) is 0 Å². The highest BCUT2D eigenvalue weighted by Gasteiger charge is 2.30. The second-order valence-corrected chi connectivity index (χ2v) is 6.41. The van der Waals surface area contributed by atoms with Crippen LogP contribution in [0.2, 0.25) is 0 Å². The van der Waals surface area contributed by atoms with Gasteiger partial charge in [-0.05, 0) is 68.4 Å². The van der Waals surface area contributed by atoms with E-state index >= 15 is 0 Å². The lowest BCUT2D eigenvalue weighted by molar-refractivity contribution is 0.475. The smallest absolute Gasteiger partial charge is 0.115 e. The highest BCUT2D eigenvalue weighted by Crippen LogP contribution is 2.50. The molecule has 0 saturated heterocycles. The van der Waals surface area contributed by atoms with Crippen molar-refractivity contribution in [3.05, 3.63) is 113 Å². The van der Waals surface area contributed by atoms with Crippen molar-refractivity contribution in [2.75, 3.05) is 0 Å². The van der Waals surface area contributed by atoms with E-state index in [-0.39, 0.29) is 0 Å². The second-order valence-electron chi connectivity index (χ2n) is 6.41. The first-order valence-corrected chi connectivity index (χ1v) is 8.44. The number of aromatic hydroxyl groups is 1. The number of fused-ring (bicyclic) bond motifs is 2. The van der Waals surface area contributed by atoms with Crippen molar-refractivity contribution in [1.29, 1.82) is 0 Å². The van der Waals surface area contributed by atoms with Gasteiger partial charge in [0.15, 0.2) is 0 Å². The molecule has 1 nitrogen and oxygen atoms in total. The minimum absolute atomic E-state index is 0.292. The lowest BCUT2D eigenvalue weighted by Gasteiger charge is -2.08. The Balaban J connectivity index is 1.76. The predicted molar refractivity (Wildman–Crippen MR) is 104 cm³/mol. The predicted octanol–water partition coefficient (Wildman–Crippen LogP) is 5.87. The third kappa shape index (κ3) is 2.33. The summed E-state index contributed by atoms with van der Waals surface area (Å²) in [5.74, 6) is 0.292. The second kappa shape index (κ2) is 5.35. The molecule has 1 heteroatoms. The van der Waals surface area contributed by atoms with E-state index in [0.717, 1.165) is 5.56 Å². The molecular formula is C24H16O. The van der Waals surface area contributed by atoms with Crippen LogP contribution in [0.4, 0.5) is 0 Å². The van der Waals surface area contributed by atoms with Gasteiger partial charge in [0, 0.05) is 0 Å². The average Bonchev–Trinajstić information content (AvgIpc) is 3.35. The molecule has 0 heterocycles. The van der Waals surface area contributed by atoms with Gasteiger partial charge in [-0.25, -0.2) is 0 Å². The zero-order valence-corrected chi connectivity index (χ0v) is 13.6. The molecule has 118 valence electrons. The van der Waals surface area contributed by atoms with Crippen molar-refractivity contribution in [3.63, 3.8) is 0 Å². The Hall–Kier alpha value is -3.32. The number of hydrogen-bond donors (Lipinski definition) is 1. The van der Waals surface area contributed by atoms with Gasteiger partial charge in [0.1, 0.15) is 5.75 Å². The Morgan fingerprint density at radius 3 is 1.68 bits per heavy atom. The molecule has 1 aliphatic carbocycles. The molecule has 5 rings (SSSR count). The molecule has 0 unspecified atom stereocenters. The number of benzene rings is 4. The summed E-state index contributed by atoms with van der Waals surface area (Å²) in [6.07, 6.45) is 0. The minimum Gasteiger partial charge on any atom is -0.508 e. The van der Waals surface area contributed by atoms with Crippen LogP contribution in [-0.2, 0) is 0 Å². The Morgan fingerprint density at radius 1 is 0.560 bits per heavy atom. The fourth-order valence-electron chi connectivity index (χ4n) is 3.56. The lowest BCUT2D eigenvalue weighted by Crippen LogP contribution is -1.87. The maximum absolute atomic E-state index is 9.65. The van der Waals surface area contributed by atoms with E-state index in [1.54, 1.807) is 12.1 Å². The Bertz CT molecular complexity index is 1080. The summed E-state index contributed by atoms with van der Waals surface area (Å²) < 4.78 is 0. The monoisotopic (exact) mass is 320 g/mol. The lowest BCUT2D eigenvalue weighted by atomic mass is 9.96. The van der Waals surface area contributed by atoms with E-state index in [4.69, 9.17) is 0 Å². The van der Waals surface area contributed by atoms with Crippen molar-refractivity contribution in [1.82, 2.24) is 0 Å². The van der Waals surface area contributed by atoms with Gasteiger partial charge < -0.3 is 5.11 Å². The standard InChI is InChI=1S/C24H16O/c25-20-12-10-17(11-13-20)23(16-6-2-1-3-7-16)24-21-14-18-8-4-5-9-19(18)15-22(21)24/h1-15,25H. The van der Waals surface area contributed by atoms with E-state index in [1.807, 2.05) is 18.2 Å². The first-order valence-electron chi connectivity index (χ1n) is 8.44. The van der Waals surface area contributed by atoms with E-state index < -0.39 is 0 Å². The zero-order valence-electron chi connectivity index (χ0n) is 13.6. The van der Waals surface area contributed by atoms with E-state index in [1.165, 1.54) is 38.6 Å². The molecule has 0 fully saturated rings. The van der Waals surface area contributed by atoms with Gasteiger partial charge >= 0.3 is 0 Å². The summed E-state index contributed by atoms with van der Waals surface area (Å²) in [4.78, 5) is 0. The summed E-state index contributed by atoms with van der Waals surface area (Å²) in [6, 6.07) is 31.0. The molecule has 0 saturated carbocycles. The first-order chi connectivity index (χ1) is 12.3. The molecule has 1 N–H and O–H groups in total. The van der Waals surface area contributed by atoms with Crippen LogP contribution < -0.4 is 0 Å². The number of hydrogen-bond acceptors (Lipinski definition) is 1. The van der Waals surface area contributed by atoms with Crippen LogP contribution in [0.1, 0.15) is 22.3 Å². The molecule has 0 amide bonds. The van der Waals surface area contributed by atoms with Gasteiger partial charge in [-0.3, -0.25) is 0 Å². The average molecular weight is 320 g/mol. The van der Waals surface area contributed by atoms with Crippen LogP contribution in [0, 0.1) is 0 Å². The van der Waals surface area contributed by atoms with Gasteiger partial charge in [-0.15, -0.1) is 0 Å². The van der Waals surface area contributed by atoms with Gasteiger partial charge in [-0.1, -0.05) is 66.7 Å². The highest BCUT2D eigenvalue weighted by atomic mass is 16.3. The first kappa shape index (κ1) is 14.1. The molecule has 0 bridgehead atoms. The molecule has 0 aromatic heterocycles. The number of phenols is 1. The topological polar surface area (TPSA) is 20.2 Å². The van der Waals surface area contributed by atoms with E-state index in [9.17, 15) is 5.11 Å². The van der Waals surface area contributed by atoms with E-state index in [0.29, 0.717) is 5.75 Å². The molecule has 0 aliphatic heterocycles. The van der Waals surface area contributed by atoms with Crippen LogP contribution in [0.25, 0.3) is 21.9 Å². The summed E-state index contributed by atoms with van der Waals surface area (Å²) in [6.45, 7) is 0. The van der Waals surface area contributed by atoms with Gasteiger partial charge in [0.2, 0.25) is 0 Å². The van der Waals surface area contributed by atoms with Crippen molar-refractivity contribution < 1.29 is 5.11 Å². The molecule has 1 aliphatic rings. The molecule has 0 radical (unpaired) electrons. The molecule has 0 spiro atoms. The summed E-state index contributed by atoms with van der Waals surface area (Å²) in [7, 11) is 0. The SMILES string of the molecule is Oc1ccc(C(=C2c3cc4ccccc4cc32)c2ccccc2)cc1. The van der Waals surface area contributed by atoms with Crippen LogP contribution in [-0.4, -0.2) is 5.11 Å². The zero-order chi connectivity index (χ0) is 16.8. The number of phenolic OH excluding ortho intramolecular Hbond substituents is 1. The third-order valence-corrected chi connectivity index (χ3v) is 4.83.